The van der Waals surface area contributed by atoms with Gasteiger partial charge < -0.3 is 9.47 Å². The number of aromatic nitrogens is 2. The molecule has 0 saturated carbocycles. The summed E-state index contributed by atoms with van der Waals surface area (Å²) in [6, 6.07) is 8.34. The van der Waals surface area contributed by atoms with Gasteiger partial charge in [0, 0.05) is 31.0 Å². The van der Waals surface area contributed by atoms with E-state index < -0.39 is 0 Å². The summed E-state index contributed by atoms with van der Waals surface area (Å²) >= 11 is 18.8. The molecule has 0 N–H and O–H groups in total. The summed E-state index contributed by atoms with van der Waals surface area (Å²) < 4.78 is 13.2. The molecule has 7 nitrogen and oxygen atoms in total. The van der Waals surface area contributed by atoms with Crippen molar-refractivity contribution in [2.24, 2.45) is 0 Å². The van der Waals surface area contributed by atoms with Crippen molar-refractivity contribution in [2.45, 2.75) is 20.3 Å². The third-order valence-electron chi connectivity index (χ3n) is 5.17. The fourth-order valence-electron chi connectivity index (χ4n) is 3.45. The Balaban J connectivity index is 1.77. The fourth-order valence-corrected chi connectivity index (χ4v) is 5.19. The highest BCUT2D eigenvalue weighted by Gasteiger charge is 2.32. The van der Waals surface area contributed by atoms with Gasteiger partial charge in [0.25, 0.3) is 11.5 Å². The highest BCUT2D eigenvalue weighted by Crippen LogP contribution is 2.36. The molecule has 0 aliphatic carbocycles. The second kappa shape index (κ2) is 11.1. The Bertz CT molecular complexity index is 1410. The topological polar surface area (TPSA) is 73.1 Å². The number of nitrogens with zero attached hydrogens (tertiary/aromatic N) is 3. The fraction of sp³-hybridized carbons (Fsp3) is 0.250. The summed E-state index contributed by atoms with van der Waals surface area (Å²) in [6.07, 6.45) is 3.74. The van der Waals surface area contributed by atoms with Crippen LogP contribution in [0.2, 0.25) is 10.0 Å². The first-order valence-corrected chi connectivity index (χ1v) is 12.8. The Hall–Kier alpha value is -2.43. The first-order valence-electron chi connectivity index (χ1n) is 10.8. The van der Waals surface area contributed by atoms with Crippen molar-refractivity contribution < 1.29 is 14.3 Å². The number of ether oxygens (including phenoxy) is 2. The molecule has 0 atom stereocenters. The number of rotatable bonds is 8. The van der Waals surface area contributed by atoms with Crippen LogP contribution in [-0.4, -0.2) is 44.3 Å². The number of benzene rings is 1. The molecule has 4 rings (SSSR count). The highest BCUT2D eigenvalue weighted by atomic mass is 35.5. The largest absolute Gasteiger partial charge is 0.437 e. The predicted molar refractivity (Wildman–Crippen MR) is 144 cm³/mol. The van der Waals surface area contributed by atoms with Gasteiger partial charge in [-0.2, -0.15) is 4.98 Å². The standard InChI is InChI=1S/C24H21Cl2N3O4S2/c1-3-32-11-5-10-29-23(31)19(35-24(29)34)13-16-21(33-18-8-7-15(25)12-17(18)26)27-20-14(2)6-4-9-28(20)22(16)30/h4,6-9,12-13H,3,5,10-11H2,1-2H3/b19-13+. The lowest BCUT2D eigenvalue weighted by Crippen LogP contribution is -2.29. The van der Waals surface area contributed by atoms with Crippen LogP contribution < -0.4 is 10.3 Å². The smallest absolute Gasteiger partial charge is 0.269 e. The zero-order chi connectivity index (χ0) is 25.1. The first kappa shape index (κ1) is 25.7. The van der Waals surface area contributed by atoms with Crippen molar-refractivity contribution in [1.82, 2.24) is 14.3 Å². The minimum Gasteiger partial charge on any atom is -0.437 e. The van der Waals surface area contributed by atoms with Crippen molar-refractivity contribution in [3.8, 4) is 11.6 Å². The van der Waals surface area contributed by atoms with Gasteiger partial charge in [0.15, 0.2) is 0 Å². The Morgan fingerprint density at radius 2 is 2.03 bits per heavy atom. The van der Waals surface area contributed by atoms with Crippen molar-refractivity contribution in [1.29, 1.82) is 0 Å². The van der Waals surface area contributed by atoms with E-state index in [-0.39, 0.29) is 33.7 Å². The number of fused-ring (bicyclic) bond motifs is 1. The maximum atomic E-state index is 13.5. The van der Waals surface area contributed by atoms with Crippen LogP contribution in [0.1, 0.15) is 24.5 Å². The number of aryl methyl sites for hydroxylation is 1. The molecule has 1 amide bonds. The molecule has 1 saturated heterocycles. The van der Waals surface area contributed by atoms with Crippen LogP contribution in [0.3, 0.4) is 0 Å². The third-order valence-corrected chi connectivity index (χ3v) is 7.08. The molecular weight excluding hydrogens is 529 g/mol. The van der Waals surface area contributed by atoms with E-state index in [4.69, 9.17) is 44.9 Å². The lowest BCUT2D eigenvalue weighted by Gasteiger charge is -2.14. The lowest BCUT2D eigenvalue weighted by atomic mass is 10.2. The molecule has 182 valence electrons. The SMILES string of the molecule is CCOCCCN1C(=O)/C(=C\c2c(Oc3ccc(Cl)cc3Cl)nc3c(C)cccn3c2=O)SC1=S. The van der Waals surface area contributed by atoms with E-state index in [9.17, 15) is 9.59 Å². The van der Waals surface area contributed by atoms with E-state index in [1.165, 1.54) is 21.4 Å². The highest BCUT2D eigenvalue weighted by molar-refractivity contribution is 8.26. The van der Waals surface area contributed by atoms with Crippen LogP contribution >= 0.6 is 47.2 Å². The Kier molecular flexibility index (Phi) is 8.13. The molecule has 1 aliphatic heterocycles. The maximum absolute atomic E-state index is 13.5. The van der Waals surface area contributed by atoms with Crippen LogP contribution in [0, 0.1) is 6.92 Å². The lowest BCUT2D eigenvalue weighted by molar-refractivity contribution is -0.122. The van der Waals surface area contributed by atoms with Gasteiger partial charge in [0.05, 0.1) is 9.93 Å². The monoisotopic (exact) mass is 549 g/mol. The van der Waals surface area contributed by atoms with E-state index in [0.717, 1.165) is 17.3 Å². The van der Waals surface area contributed by atoms with Gasteiger partial charge in [-0.15, -0.1) is 0 Å². The van der Waals surface area contributed by atoms with Gasteiger partial charge >= 0.3 is 0 Å². The number of pyridine rings is 1. The molecule has 11 heteroatoms. The molecule has 0 unspecified atom stereocenters. The normalized spacial score (nSPS) is 15.0. The van der Waals surface area contributed by atoms with Crippen LogP contribution in [0.25, 0.3) is 11.7 Å². The quantitative estimate of drug-likeness (QED) is 0.202. The summed E-state index contributed by atoms with van der Waals surface area (Å²) in [5.41, 5.74) is 0.927. The minimum absolute atomic E-state index is 0.0233. The van der Waals surface area contributed by atoms with Crippen LogP contribution in [0.15, 0.2) is 46.2 Å². The summed E-state index contributed by atoms with van der Waals surface area (Å²) in [7, 11) is 0. The average Bonchev–Trinajstić information content (AvgIpc) is 3.08. The molecule has 2 aromatic heterocycles. The van der Waals surface area contributed by atoms with E-state index in [2.05, 4.69) is 4.98 Å². The first-order chi connectivity index (χ1) is 16.8. The van der Waals surface area contributed by atoms with Crippen LogP contribution in [0.4, 0.5) is 0 Å². The predicted octanol–water partition coefficient (Wildman–Crippen LogP) is 5.73. The number of halogens is 2. The summed E-state index contributed by atoms with van der Waals surface area (Å²) in [5.74, 6) is 0.0230. The van der Waals surface area contributed by atoms with E-state index in [1.54, 1.807) is 24.4 Å². The zero-order valence-electron chi connectivity index (χ0n) is 18.9. The molecule has 0 bridgehead atoms. The van der Waals surface area contributed by atoms with E-state index in [0.29, 0.717) is 46.1 Å². The number of amides is 1. The summed E-state index contributed by atoms with van der Waals surface area (Å²) in [5, 5.41) is 0.703. The number of hydrogen-bond acceptors (Lipinski definition) is 7. The van der Waals surface area contributed by atoms with Crippen molar-refractivity contribution in [2.75, 3.05) is 19.8 Å². The second-order valence-corrected chi connectivity index (χ2v) is 10.1. The Morgan fingerprint density at radius 3 is 2.77 bits per heavy atom. The van der Waals surface area contributed by atoms with Crippen molar-refractivity contribution >= 4 is 69.1 Å². The average molecular weight is 550 g/mol. The van der Waals surface area contributed by atoms with Crippen LogP contribution in [-0.2, 0) is 9.53 Å². The third kappa shape index (κ3) is 5.54. The number of carbonyl (C=O) groups excluding carboxylic acids is 1. The molecule has 3 aromatic rings. The molecule has 1 fully saturated rings. The molecule has 1 aliphatic rings. The minimum atomic E-state index is -0.389. The summed E-state index contributed by atoms with van der Waals surface area (Å²) in [4.78, 5) is 33.0. The number of thioether (sulfide) groups is 1. The van der Waals surface area contributed by atoms with Gasteiger partial charge in [-0.25, -0.2) is 0 Å². The van der Waals surface area contributed by atoms with E-state index in [1.807, 2.05) is 19.9 Å². The van der Waals surface area contributed by atoms with Gasteiger partial charge in [0.2, 0.25) is 5.88 Å². The maximum Gasteiger partial charge on any atom is 0.269 e. The van der Waals surface area contributed by atoms with Gasteiger partial charge in [-0.1, -0.05) is 53.2 Å². The molecular formula is C24H21Cl2N3O4S2. The Morgan fingerprint density at radius 1 is 1.23 bits per heavy atom. The van der Waals surface area contributed by atoms with Crippen molar-refractivity contribution in [3.63, 3.8) is 0 Å². The second-order valence-electron chi connectivity index (χ2n) is 7.58. The number of carbonyl (C=O) groups is 1. The molecule has 1 aromatic carbocycles. The number of hydrogen-bond donors (Lipinski definition) is 0. The zero-order valence-corrected chi connectivity index (χ0v) is 22.1. The van der Waals surface area contributed by atoms with Crippen molar-refractivity contribution in [3.05, 3.63) is 73.0 Å². The number of thiocarbonyl (C=S) groups is 1. The molecule has 0 spiro atoms. The molecule has 3 heterocycles. The summed E-state index contributed by atoms with van der Waals surface area (Å²) in [6.45, 7) is 5.32. The van der Waals surface area contributed by atoms with Gasteiger partial charge in [-0.3, -0.25) is 18.9 Å². The molecule has 0 radical (unpaired) electrons. The van der Waals surface area contributed by atoms with E-state index >= 15 is 0 Å². The molecule has 35 heavy (non-hydrogen) atoms. The Labute approximate surface area is 221 Å². The van der Waals surface area contributed by atoms with Gasteiger partial charge in [0.1, 0.15) is 21.3 Å². The van der Waals surface area contributed by atoms with Crippen LogP contribution in [0.5, 0.6) is 11.6 Å². The van der Waals surface area contributed by atoms with Gasteiger partial charge in [-0.05, 0) is 56.2 Å².